The Morgan fingerprint density at radius 2 is 1.78 bits per heavy atom. The molecule has 1 saturated heterocycles. The van der Waals surface area contributed by atoms with Crippen molar-refractivity contribution in [3.8, 4) is 5.69 Å². The van der Waals surface area contributed by atoms with E-state index in [1.807, 2.05) is 22.8 Å². The molecule has 0 aliphatic carbocycles. The van der Waals surface area contributed by atoms with Crippen LogP contribution in [-0.2, 0) is 4.74 Å². The molecule has 0 radical (unpaired) electrons. The highest BCUT2D eigenvalue weighted by Crippen LogP contribution is 2.28. The van der Waals surface area contributed by atoms with Gasteiger partial charge in [0, 0.05) is 18.1 Å². The maximum atomic E-state index is 6.08. The van der Waals surface area contributed by atoms with Crippen molar-refractivity contribution in [3.05, 3.63) is 35.9 Å². The quantitative estimate of drug-likeness (QED) is 0.829. The molecular formula is C12H13ClN4O. The highest BCUT2D eigenvalue weighted by molar-refractivity contribution is 6.30. The first-order valence-electron chi connectivity index (χ1n) is 5.82. The largest absolute Gasteiger partial charge is 0.378 e. The van der Waals surface area contributed by atoms with E-state index < -0.39 is 0 Å². The number of halogens is 1. The molecule has 2 aromatic rings. The van der Waals surface area contributed by atoms with Gasteiger partial charge in [0.25, 0.3) is 0 Å². The van der Waals surface area contributed by atoms with E-state index in [1.54, 1.807) is 12.7 Å². The third-order valence-corrected chi connectivity index (χ3v) is 3.22. The van der Waals surface area contributed by atoms with Crippen LogP contribution in [0.3, 0.4) is 0 Å². The van der Waals surface area contributed by atoms with Crippen molar-refractivity contribution in [2.45, 2.75) is 0 Å². The molecule has 0 amide bonds. The third-order valence-electron chi connectivity index (χ3n) is 2.99. The van der Waals surface area contributed by atoms with Crippen molar-refractivity contribution in [3.63, 3.8) is 0 Å². The van der Waals surface area contributed by atoms with Gasteiger partial charge < -0.3 is 9.64 Å². The van der Waals surface area contributed by atoms with Gasteiger partial charge in [-0.2, -0.15) is 0 Å². The van der Waals surface area contributed by atoms with E-state index in [1.165, 1.54) is 0 Å². The van der Waals surface area contributed by atoms with Crippen molar-refractivity contribution in [1.82, 2.24) is 14.8 Å². The van der Waals surface area contributed by atoms with Crippen LogP contribution in [0, 0.1) is 0 Å². The molecular weight excluding hydrogens is 252 g/mol. The first kappa shape index (κ1) is 11.5. The minimum absolute atomic E-state index is 0.704. The van der Waals surface area contributed by atoms with Crippen molar-refractivity contribution >= 4 is 17.3 Å². The van der Waals surface area contributed by atoms with Gasteiger partial charge in [-0.25, -0.2) is 0 Å². The van der Waals surface area contributed by atoms with Crippen LogP contribution in [0.1, 0.15) is 0 Å². The Morgan fingerprint density at radius 3 is 2.50 bits per heavy atom. The Labute approximate surface area is 110 Å². The predicted molar refractivity (Wildman–Crippen MR) is 69.4 cm³/mol. The second-order valence-corrected chi connectivity index (χ2v) is 4.54. The molecule has 1 aromatic heterocycles. The van der Waals surface area contributed by atoms with Gasteiger partial charge in [-0.15, -0.1) is 10.2 Å². The Bertz CT molecular complexity index is 523. The number of aromatic nitrogens is 3. The number of ether oxygens (including phenoxy) is 1. The van der Waals surface area contributed by atoms with E-state index in [0.29, 0.717) is 5.02 Å². The molecule has 0 saturated carbocycles. The van der Waals surface area contributed by atoms with Crippen LogP contribution in [-0.4, -0.2) is 41.1 Å². The average molecular weight is 265 g/mol. The Hall–Kier alpha value is -1.59. The third kappa shape index (κ3) is 2.19. The molecule has 5 nitrogen and oxygen atoms in total. The predicted octanol–water partition coefficient (Wildman–Crippen LogP) is 1.76. The van der Waals surface area contributed by atoms with Gasteiger partial charge >= 0.3 is 0 Å². The summed E-state index contributed by atoms with van der Waals surface area (Å²) in [5.41, 5.74) is 2.12. The number of rotatable bonds is 2. The van der Waals surface area contributed by atoms with Gasteiger partial charge in [0.2, 0.25) is 0 Å². The molecule has 3 rings (SSSR count). The normalized spacial score (nSPS) is 15.9. The lowest BCUT2D eigenvalue weighted by Gasteiger charge is -2.30. The maximum absolute atomic E-state index is 6.08. The van der Waals surface area contributed by atoms with Crippen molar-refractivity contribution < 1.29 is 4.74 Å². The Morgan fingerprint density at radius 1 is 1.06 bits per heavy atom. The number of hydrogen-bond acceptors (Lipinski definition) is 4. The summed E-state index contributed by atoms with van der Waals surface area (Å²) < 4.78 is 7.25. The van der Waals surface area contributed by atoms with Gasteiger partial charge in [0.15, 0.2) is 0 Å². The topological polar surface area (TPSA) is 43.2 Å². The van der Waals surface area contributed by atoms with Gasteiger partial charge in [-0.05, 0) is 18.2 Å². The van der Waals surface area contributed by atoms with Gasteiger partial charge in [0.1, 0.15) is 12.7 Å². The lowest BCUT2D eigenvalue weighted by atomic mass is 10.2. The van der Waals surface area contributed by atoms with E-state index in [2.05, 4.69) is 15.1 Å². The zero-order valence-electron chi connectivity index (χ0n) is 9.79. The van der Waals surface area contributed by atoms with Crippen LogP contribution in [0.2, 0.25) is 5.02 Å². The van der Waals surface area contributed by atoms with Crippen LogP contribution in [0.15, 0.2) is 30.9 Å². The highest BCUT2D eigenvalue weighted by atomic mass is 35.5. The van der Waals surface area contributed by atoms with E-state index in [-0.39, 0.29) is 0 Å². The van der Waals surface area contributed by atoms with Crippen LogP contribution in [0.5, 0.6) is 0 Å². The molecule has 1 aromatic carbocycles. The van der Waals surface area contributed by atoms with Crippen molar-refractivity contribution in [1.29, 1.82) is 0 Å². The fraction of sp³-hybridized carbons (Fsp3) is 0.333. The lowest BCUT2D eigenvalue weighted by Crippen LogP contribution is -2.36. The molecule has 0 N–H and O–H groups in total. The molecule has 0 bridgehead atoms. The molecule has 6 heteroatoms. The number of nitrogens with zero attached hydrogens (tertiary/aromatic N) is 4. The summed E-state index contributed by atoms with van der Waals surface area (Å²) >= 11 is 6.08. The van der Waals surface area contributed by atoms with Crippen LogP contribution in [0.4, 0.5) is 5.69 Å². The monoisotopic (exact) mass is 264 g/mol. The molecule has 0 unspecified atom stereocenters. The summed E-state index contributed by atoms with van der Waals surface area (Å²) in [7, 11) is 0. The Kier molecular flexibility index (Phi) is 3.17. The highest BCUT2D eigenvalue weighted by Gasteiger charge is 2.16. The van der Waals surface area contributed by atoms with Crippen LogP contribution < -0.4 is 4.90 Å². The second-order valence-electron chi connectivity index (χ2n) is 4.10. The number of anilines is 1. The molecule has 0 spiro atoms. The smallest absolute Gasteiger partial charge is 0.123 e. The fourth-order valence-electron chi connectivity index (χ4n) is 2.10. The summed E-state index contributed by atoms with van der Waals surface area (Å²) in [6, 6.07) is 5.86. The summed E-state index contributed by atoms with van der Waals surface area (Å²) in [5.74, 6) is 0. The summed E-state index contributed by atoms with van der Waals surface area (Å²) in [4.78, 5) is 2.29. The molecule has 1 aliphatic heterocycles. The lowest BCUT2D eigenvalue weighted by molar-refractivity contribution is 0.122. The molecule has 0 atom stereocenters. The van der Waals surface area contributed by atoms with E-state index in [4.69, 9.17) is 16.3 Å². The van der Waals surface area contributed by atoms with E-state index in [0.717, 1.165) is 37.7 Å². The molecule has 18 heavy (non-hydrogen) atoms. The summed E-state index contributed by atoms with van der Waals surface area (Å²) in [6.07, 6.45) is 3.35. The van der Waals surface area contributed by atoms with E-state index in [9.17, 15) is 0 Å². The molecule has 2 heterocycles. The van der Waals surface area contributed by atoms with Crippen LogP contribution in [0.25, 0.3) is 5.69 Å². The minimum atomic E-state index is 0.704. The fourth-order valence-corrected chi connectivity index (χ4v) is 2.27. The zero-order chi connectivity index (χ0) is 12.4. The summed E-state index contributed by atoms with van der Waals surface area (Å²) in [5, 5.41) is 8.39. The van der Waals surface area contributed by atoms with Crippen molar-refractivity contribution in [2.75, 3.05) is 31.2 Å². The zero-order valence-corrected chi connectivity index (χ0v) is 10.5. The molecule has 1 aliphatic rings. The number of benzene rings is 1. The SMILES string of the molecule is Clc1ccc(N2CCOCC2)c(-n2cnnc2)c1. The van der Waals surface area contributed by atoms with Crippen molar-refractivity contribution in [2.24, 2.45) is 0 Å². The maximum Gasteiger partial charge on any atom is 0.123 e. The molecule has 1 fully saturated rings. The van der Waals surface area contributed by atoms with Crippen LogP contribution >= 0.6 is 11.6 Å². The first-order valence-corrected chi connectivity index (χ1v) is 6.19. The summed E-state index contributed by atoms with van der Waals surface area (Å²) in [6.45, 7) is 3.28. The average Bonchev–Trinajstić information content (AvgIpc) is 2.93. The number of hydrogen-bond donors (Lipinski definition) is 0. The standard InChI is InChI=1S/C12H13ClN4O/c13-10-1-2-11(16-3-5-18-6-4-16)12(7-10)17-8-14-15-9-17/h1-2,7-9H,3-6H2. The minimum Gasteiger partial charge on any atom is -0.378 e. The first-order chi connectivity index (χ1) is 8.84. The van der Waals surface area contributed by atoms with Gasteiger partial charge in [0.05, 0.1) is 24.6 Å². The van der Waals surface area contributed by atoms with E-state index >= 15 is 0 Å². The second kappa shape index (κ2) is 4.96. The Balaban J connectivity index is 2.02. The number of morpholine rings is 1. The molecule has 94 valence electrons. The van der Waals surface area contributed by atoms with Gasteiger partial charge in [-0.1, -0.05) is 11.6 Å². The van der Waals surface area contributed by atoms with Gasteiger partial charge in [-0.3, -0.25) is 4.57 Å².